The lowest BCUT2D eigenvalue weighted by Gasteiger charge is -2.08. The Morgan fingerprint density at radius 2 is 1.92 bits per heavy atom. The Labute approximate surface area is 150 Å². The summed E-state index contributed by atoms with van der Waals surface area (Å²) in [5.74, 6) is 1.64. The number of fused-ring (bicyclic) bond motifs is 1. The Morgan fingerprint density at radius 3 is 2.72 bits per heavy atom. The van der Waals surface area contributed by atoms with Gasteiger partial charge in [0, 0.05) is 23.8 Å². The van der Waals surface area contributed by atoms with Gasteiger partial charge in [-0.1, -0.05) is 30.0 Å². The summed E-state index contributed by atoms with van der Waals surface area (Å²) in [5, 5.41) is 9.49. The van der Waals surface area contributed by atoms with E-state index >= 15 is 0 Å². The van der Waals surface area contributed by atoms with Crippen molar-refractivity contribution in [2.45, 2.75) is 31.7 Å². The van der Waals surface area contributed by atoms with Crippen LogP contribution < -0.4 is 0 Å². The number of nitrogens with zero attached hydrogens (tertiary/aromatic N) is 5. The van der Waals surface area contributed by atoms with E-state index in [0.29, 0.717) is 0 Å². The number of aromatic nitrogens is 5. The SMILES string of the molecule is Cc1cccc(-n2c(C)nnc2SCc2cn3cccc(C)c3n2)c1. The summed E-state index contributed by atoms with van der Waals surface area (Å²) in [5.41, 5.74) is 5.54. The average molecular weight is 349 g/mol. The van der Waals surface area contributed by atoms with Gasteiger partial charge >= 0.3 is 0 Å². The smallest absolute Gasteiger partial charge is 0.196 e. The molecule has 0 aliphatic rings. The molecular formula is C19H19N5S. The zero-order valence-corrected chi connectivity index (χ0v) is 15.3. The summed E-state index contributed by atoms with van der Waals surface area (Å²) in [6.07, 6.45) is 4.11. The predicted octanol–water partition coefficient (Wildman–Crippen LogP) is 4.13. The second-order valence-electron chi connectivity index (χ2n) is 6.15. The first-order valence-electron chi connectivity index (χ1n) is 8.17. The summed E-state index contributed by atoms with van der Waals surface area (Å²) in [6.45, 7) is 6.15. The number of hydrogen-bond acceptors (Lipinski definition) is 4. The highest BCUT2D eigenvalue weighted by atomic mass is 32.2. The molecule has 0 saturated heterocycles. The Balaban J connectivity index is 1.62. The van der Waals surface area contributed by atoms with Gasteiger partial charge in [0.2, 0.25) is 0 Å². The van der Waals surface area contributed by atoms with Crippen molar-refractivity contribution in [3.63, 3.8) is 0 Å². The first kappa shape index (κ1) is 15.9. The standard InChI is InChI=1S/C19H19N5S/c1-13-6-4-8-17(10-13)24-15(3)21-22-19(24)25-12-16-11-23-9-5-7-14(2)18(23)20-16/h4-11H,12H2,1-3H3. The summed E-state index contributed by atoms with van der Waals surface area (Å²) in [4.78, 5) is 4.74. The molecule has 6 heteroatoms. The topological polar surface area (TPSA) is 48.0 Å². The van der Waals surface area contributed by atoms with Crippen LogP contribution in [0.5, 0.6) is 0 Å². The van der Waals surface area contributed by atoms with Crippen molar-refractivity contribution in [1.82, 2.24) is 24.1 Å². The third-order valence-corrected chi connectivity index (χ3v) is 5.09. The Bertz CT molecular complexity index is 1050. The predicted molar refractivity (Wildman–Crippen MR) is 100 cm³/mol. The molecule has 25 heavy (non-hydrogen) atoms. The van der Waals surface area contributed by atoms with E-state index in [9.17, 15) is 0 Å². The van der Waals surface area contributed by atoms with Gasteiger partial charge in [0.15, 0.2) is 5.16 Å². The largest absolute Gasteiger partial charge is 0.307 e. The van der Waals surface area contributed by atoms with Crippen LogP contribution in [0.1, 0.15) is 22.6 Å². The Kier molecular flexibility index (Phi) is 4.05. The normalized spacial score (nSPS) is 11.3. The van der Waals surface area contributed by atoms with Crippen LogP contribution in [0.4, 0.5) is 0 Å². The molecule has 0 aliphatic heterocycles. The van der Waals surface area contributed by atoms with Crippen LogP contribution in [0.15, 0.2) is 53.9 Å². The molecule has 0 bridgehead atoms. The molecule has 3 heterocycles. The van der Waals surface area contributed by atoms with Gasteiger partial charge in [-0.05, 0) is 50.1 Å². The summed E-state index contributed by atoms with van der Waals surface area (Å²) in [7, 11) is 0. The van der Waals surface area contributed by atoms with Crippen LogP contribution in [0.2, 0.25) is 0 Å². The van der Waals surface area contributed by atoms with Crippen molar-refractivity contribution in [2.75, 3.05) is 0 Å². The molecule has 1 aromatic carbocycles. The molecule has 0 unspecified atom stereocenters. The van der Waals surface area contributed by atoms with Crippen molar-refractivity contribution < 1.29 is 0 Å². The van der Waals surface area contributed by atoms with Crippen LogP contribution in [0, 0.1) is 20.8 Å². The summed E-state index contributed by atoms with van der Waals surface area (Å²) >= 11 is 1.66. The number of aryl methyl sites for hydroxylation is 3. The van der Waals surface area contributed by atoms with E-state index in [0.717, 1.165) is 33.8 Å². The lowest BCUT2D eigenvalue weighted by Crippen LogP contribution is -1.99. The molecule has 4 aromatic rings. The van der Waals surface area contributed by atoms with Crippen LogP contribution in [-0.2, 0) is 5.75 Å². The molecule has 0 radical (unpaired) electrons. The highest BCUT2D eigenvalue weighted by Crippen LogP contribution is 2.25. The third-order valence-electron chi connectivity index (χ3n) is 4.13. The molecule has 0 spiro atoms. The Morgan fingerprint density at radius 1 is 1.04 bits per heavy atom. The van der Waals surface area contributed by atoms with Crippen molar-refractivity contribution in [1.29, 1.82) is 0 Å². The Hall–Kier alpha value is -2.60. The molecule has 0 N–H and O–H groups in total. The molecule has 4 rings (SSSR count). The van der Waals surface area contributed by atoms with Crippen LogP contribution in [0.3, 0.4) is 0 Å². The number of thioether (sulfide) groups is 1. The van der Waals surface area contributed by atoms with Crippen molar-refractivity contribution in [3.8, 4) is 5.69 Å². The minimum absolute atomic E-state index is 0.755. The van der Waals surface area contributed by atoms with Crippen molar-refractivity contribution >= 4 is 17.4 Å². The van der Waals surface area contributed by atoms with Gasteiger partial charge in [-0.15, -0.1) is 10.2 Å². The maximum atomic E-state index is 4.74. The third kappa shape index (κ3) is 3.05. The highest BCUT2D eigenvalue weighted by Gasteiger charge is 2.13. The number of pyridine rings is 1. The van der Waals surface area contributed by atoms with E-state index in [2.05, 4.69) is 69.5 Å². The van der Waals surface area contributed by atoms with Gasteiger partial charge in [0.1, 0.15) is 11.5 Å². The number of hydrogen-bond donors (Lipinski definition) is 0. The fourth-order valence-corrected chi connectivity index (χ4v) is 3.79. The fourth-order valence-electron chi connectivity index (χ4n) is 2.91. The maximum Gasteiger partial charge on any atom is 0.196 e. The van der Waals surface area contributed by atoms with Crippen LogP contribution in [-0.4, -0.2) is 24.1 Å². The lowest BCUT2D eigenvalue weighted by atomic mass is 10.2. The number of benzene rings is 1. The maximum absolute atomic E-state index is 4.74. The molecular weight excluding hydrogens is 330 g/mol. The van der Waals surface area contributed by atoms with E-state index in [1.54, 1.807) is 11.8 Å². The molecule has 5 nitrogen and oxygen atoms in total. The summed E-state index contributed by atoms with van der Waals surface area (Å²) in [6, 6.07) is 12.5. The van der Waals surface area contributed by atoms with Crippen LogP contribution in [0.25, 0.3) is 11.3 Å². The van der Waals surface area contributed by atoms with Gasteiger partial charge in [0.25, 0.3) is 0 Å². The van der Waals surface area contributed by atoms with E-state index in [-0.39, 0.29) is 0 Å². The van der Waals surface area contributed by atoms with Crippen molar-refractivity contribution in [2.24, 2.45) is 0 Å². The minimum atomic E-state index is 0.755. The molecule has 0 atom stereocenters. The number of rotatable bonds is 4. The second kappa shape index (κ2) is 6.37. The monoisotopic (exact) mass is 349 g/mol. The lowest BCUT2D eigenvalue weighted by molar-refractivity contribution is 0.866. The van der Waals surface area contributed by atoms with Crippen molar-refractivity contribution in [3.05, 3.63) is 71.4 Å². The summed E-state index contributed by atoms with van der Waals surface area (Å²) < 4.78 is 4.17. The van der Waals surface area contributed by atoms with E-state index in [1.165, 1.54) is 11.1 Å². The average Bonchev–Trinajstić information content (AvgIpc) is 3.17. The molecule has 0 saturated carbocycles. The number of imidazole rings is 1. The molecule has 126 valence electrons. The van der Waals surface area contributed by atoms with Gasteiger partial charge < -0.3 is 4.40 Å². The van der Waals surface area contributed by atoms with E-state index in [4.69, 9.17) is 4.98 Å². The van der Waals surface area contributed by atoms with E-state index < -0.39 is 0 Å². The minimum Gasteiger partial charge on any atom is -0.307 e. The van der Waals surface area contributed by atoms with Gasteiger partial charge in [-0.3, -0.25) is 4.57 Å². The molecule has 0 amide bonds. The van der Waals surface area contributed by atoms with Gasteiger partial charge in [-0.2, -0.15) is 0 Å². The highest BCUT2D eigenvalue weighted by molar-refractivity contribution is 7.98. The zero-order valence-electron chi connectivity index (χ0n) is 14.5. The van der Waals surface area contributed by atoms with Gasteiger partial charge in [0.05, 0.1) is 5.69 Å². The van der Waals surface area contributed by atoms with Crippen LogP contribution >= 0.6 is 11.8 Å². The molecule has 0 aliphatic carbocycles. The second-order valence-corrected chi connectivity index (χ2v) is 7.09. The first-order chi connectivity index (χ1) is 12.1. The quantitative estimate of drug-likeness (QED) is 0.520. The van der Waals surface area contributed by atoms with Gasteiger partial charge in [-0.25, -0.2) is 4.98 Å². The fraction of sp³-hybridized carbons (Fsp3) is 0.211. The zero-order chi connectivity index (χ0) is 17.4. The molecule has 0 fully saturated rings. The molecule has 3 aromatic heterocycles. The van der Waals surface area contributed by atoms with E-state index in [1.807, 2.05) is 19.2 Å². The first-order valence-corrected chi connectivity index (χ1v) is 9.15.